The number of rotatable bonds is 5. The summed E-state index contributed by atoms with van der Waals surface area (Å²) in [4.78, 5) is 23.3. The van der Waals surface area contributed by atoms with Gasteiger partial charge in [-0.05, 0) is 45.0 Å². The van der Waals surface area contributed by atoms with Crippen LogP contribution in [0.25, 0.3) is 0 Å². The number of alkyl halides is 1. The van der Waals surface area contributed by atoms with Crippen molar-refractivity contribution in [3.8, 4) is 0 Å². The molecule has 1 rings (SSSR count). The molecule has 0 spiro atoms. The Morgan fingerprint density at radius 3 is 2.32 bits per heavy atom. The summed E-state index contributed by atoms with van der Waals surface area (Å²) in [6.07, 6.45) is 0. The van der Waals surface area contributed by atoms with Gasteiger partial charge >= 0.3 is 5.97 Å². The lowest BCUT2D eigenvalue weighted by molar-refractivity contribution is -0.152. The number of hydrogen-bond acceptors (Lipinski definition) is 3. The molecule has 0 saturated carbocycles. The zero-order valence-electron chi connectivity index (χ0n) is 11.1. The van der Waals surface area contributed by atoms with Crippen molar-refractivity contribution in [2.75, 3.05) is 6.61 Å². The fourth-order valence-electron chi connectivity index (χ4n) is 1.51. The number of ketones is 1. The Morgan fingerprint density at radius 1 is 1.32 bits per heavy atom. The Morgan fingerprint density at radius 2 is 1.84 bits per heavy atom. The SMILES string of the molecule is CCOC(=O)C(C)(C)C(Br)C(=O)c1ccc(F)cc1. The third-order valence-corrected chi connectivity index (χ3v) is 4.35. The molecule has 0 N–H and O–H groups in total. The highest BCUT2D eigenvalue weighted by Crippen LogP contribution is 2.31. The summed E-state index contributed by atoms with van der Waals surface area (Å²) >= 11 is 3.25. The van der Waals surface area contributed by atoms with Gasteiger partial charge in [-0.1, -0.05) is 15.9 Å². The van der Waals surface area contributed by atoms with Crippen LogP contribution in [0.3, 0.4) is 0 Å². The van der Waals surface area contributed by atoms with Crippen LogP contribution < -0.4 is 0 Å². The first-order valence-electron chi connectivity index (χ1n) is 5.91. The molecule has 0 fully saturated rings. The van der Waals surface area contributed by atoms with Crippen LogP contribution in [0.15, 0.2) is 24.3 Å². The maximum Gasteiger partial charge on any atom is 0.313 e. The number of ether oxygens (including phenoxy) is 1. The van der Waals surface area contributed by atoms with Crippen LogP contribution in [-0.4, -0.2) is 23.2 Å². The summed E-state index contributed by atoms with van der Waals surface area (Å²) in [5, 5.41) is 0. The summed E-state index contributed by atoms with van der Waals surface area (Å²) in [7, 11) is 0. The van der Waals surface area contributed by atoms with Gasteiger partial charge in [-0.2, -0.15) is 0 Å². The maximum atomic E-state index is 12.8. The summed E-state index contributed by atoms with van der Waals surface area (Å²) in [5.41, 5.74) is -0.651. The molecule has 0 aromatic heterocycles. The van der Waals surface area contributed by atoms with Crippen LogP contribution >= 0.6 is 15.9 Å². The predicted octanol–water partition coefficient (Wildman–Crippen LogP) is 3.36. The zero-order valence-corrected chi connectivity index (χ0v) is 12.7. The van der Waals surface area contributed by atoms with Gasteiger partial charge in [0.2, 0.25) is 0 Å². The van der Waals surface area contributed by atoms with E-state index < -0.39 is 22.0 Å². The zero-order chi connectivity index (χ0) is 14.6. The average Bonchev–Trinajstić information content (AvgIpc) is 2.38. The second-order valence-electron chi connectivity index (χ2n) is 4.68. The molecule has 19 heavy (non-hydrogen) atoms. The van der Waals surface area contributed by atoms with Crippen molar-refractivity contribution < 1.29 is 18.7 Å². The minimum Gasteiger partial charge on any atom is -0.466 e. The Bertz CT molecular complexity index is 468. The van der Waals surface area contributed by atoms with Gasteiger partial charge in [-0.3, -0.25) is 9.59 Å². The van der Waals surface area contributed by atoms with Crippen molar-refractivity contribution in [2.24, 2.45) is 5.41 Å². The Kier molecular flexibility index (Phi) is 5.23. The first kappa shape index (κ1) is 15.8. The second kappa shape index (κ2) is 6.28. The van der Waals surface area contributed by atoms with Gasteiger partial charge in [0.05, 0.1) is 16.8 Å². The third-order valence-electron chi connectivity index (χ3n) is 2.79. The smallest absolute Gasteiger partial charge is 0.313 e. The molecule has 0 heterocycles. The van der Waals surface area contributed by atoms with E-state index in [1.807, 2.05) is 0 Å². The highest BCUT2D eigenvalue weighted by atomic mass is 79.9. The molecule has 0 aliphatic rings. The van der Waals surface area contributed by atoms with Gasteiger partial charge < -0.3 is 4.74 Å². The van der Waals surface area contributed by atoms with Gasteiger partial charge in [0.15, 0.2) is 5.78 Å². The largest absolute Gasteiger partial charge is 0.466 e. The number of Topliss-reactive ketones (excluding diaryl/α,β-unsaturated/α-hetero) is 1. The lowest BCUT2D eigenvalue weighted by Gasteiger charge is -2.26. The Labute approximate surface area is 120 Å². The van der Waals surface area contributed by atoms with Crippen molar-refractivity contribution in [3.63, 3.8) is 0 Å². The molecular weight excluding hydrogens is 315 g/mol. The maximum absolute atomic E-state index is 12.8. The molecule has 0 aliphatic carbocycles. The molecule has 0 aliphatic heterocycles. The Balaban J connectivity index is 2.92. The standard InChI is InChI=1S/C14H16BrFO3/c1-4-19-13(18)14(2,3)12(15)11(17)9-5-7-10(16)8-6-9/h5-8,12H,4H2,1-3H3. The van der Waals surface area contributed by atoms with Gasteiger partial charge in [-0.15, -0.1) is 0 Å². The van der Waals surface area contributed by atoms with E-state index >= 15 is 0 Å². The van der Waals surface area contributed by atoms with Gasteiger partial charge in [0.25, 0.3) is 0 Å². The van der Waals surface area contributed by atoms with Crippen LogP contribution in [-0.2, 0) is 9.53 Å². The second-order valence-corrected chi connectivity index (χ2v) is 5.59. The van der Waals surface area contributed by atoms with E-state index in [1.54, 1.807) is 20.8 Å². The summed E-state index contributed by atoms with van der Waals surface area (Å²) in [5.74, 6) is -1.14. The molecule has 0 amide bonds. The molecular formula is C14H16BrFO3. The minimum absolute atomic E-state index is 0.257. The lowest BCUT2D eigenvalue weighted by atomic mass is 9.85. The van der Waals surface area contributed by atoms with Crippen LogP contribution in [0, 0.1) is 11.2 Å². The molecule has 1 aromatic carbocycles. The number of benzene rings is 1. The highest BCUT2D eigenvalue weighted by molar-refractivity contribution is 9.10. The molecule has 104 valence electrons. The van der Waals surface area contributed by atoms with Crippen LogP contribution in [0.1, 0.15) is 31.1 Å². The van der Waals surface area contributed by atoms with Crippen LogP contribution in [0.4, 0.5) is 4.39 Å². The van der Waals surface area contributed by atoms with Crippen LogP contribution in [0.2, 0.25) is 0 Å². The summed E-state index contributed by atoms with van der Waals surface area (Å²) in [6, 6.07) is 5.22. The minimum atomic E-state index is -0.999. The van der Waals surface area contributed by atoms with E-state index in [4.69, 9.17) is 4.74 Å². The molecule has 0 radical (unpaired) electrons. The topological polar surface area (TPSA) is 43.4 Å². The van der Waals surface area contributed by atoms with Crippen molar-refractivity contribution >= 4 is 27.7 Å². The first-order chi connectivity index (χ1) is 8.80. The van der Waals surface area contributed by atoms with Crippen molar-refractivity contribution in [1.82, 2.24) is 0 Å². The fraction of sp³-hybridized carbons (Fsp3) is 0.429. The van der Waals surface area contributed by atoms with E-state index in [9.17, 15) is 14.0 Å². The van der Waals surface area contributed by atoms with Crippen molar-refractivity contribution in [3.05, 3.63) is 35.6 Å². The molecule has 1 aromatic rings. The van der Waals surface area contributed by atoms with Gasteiger partial charge in [-0.25, -0.2) is 4.39 Å². The molecule has 3 nitrogen and oxygen atoms in total. The lowest BCUT2D eigenvalue weighted by Crippen LogP contribution is -2.39. The molecule has 1 unspecified atom stereocenters. The number of carbonyl (C=O) groups excluding carboxylic acids is 2. The fourth-order valence-corrected chi connectivity index (χ4v) is 1.96. The quantitative estimate of drug-likeness (QED) is 0.472. The molecule has 1 atom stereocenters. The van der Waals surface area contributed by atoms with Gasteiger partial charge in [0, 0.05) is 5.56 Å². The first-order valence-corrected chi connectivity index (χ1v) is 6.83. The van der Waals surface area contributed by atoms with Crippen LogP contribution in [0.5, 0.6) is 0 Å². The van der Waals surface area contributed by atoms with E-state index in [0.717, 1.165) is 0 Å². The summed E-state index contributed by atoms with van der Waals surface area (Å²) in [6.45, 7) is 5.23. The van der Waals surface area contributed by atoms with E-state index in [2.05, 4.69) is 15.9 Å². The van der Waals surface area contributed by atoms with Gasteiger partial charge in [0.1, 0.15) is 5.82 Å². The average molecular weight is 331 g/mol. The molecule has 0 bridgehead atoms. The number of hydrogen-bond donors (Lipinski definition) is 0. The number of halogens is 2. The normalized spacial score (nSPS) is 12.9. The third kappa shape index (κ3) is 3.62. The molecule has 0 saturated heterocycles. The van der Waals surface area contributed by atoms with E-state index in [0.29, 0.717) is 5.56 Å². The number of esters is 1. The van der Waals surface area contributed by atoms with E-state index in [1.165, 1.54) is 24.3 Å². The number of carbonyl (C=O) groups is 2. The Hall–Kier alpha value is -1.23. The predicted molar refractivity (Wildman–Crippen MR) is 73.9 cm³/mol. The molecule has 5 heteroatoms. The van der Waals surface area contributed by atoms with E-state index in [-0.39, 0.29) is 12.4 Å². The monoisotopic (exact) mass is 330 g/mol. The highest BCUT2D eigenvalue weighted by Gasteiger charge is 2.41. The van der Waals surface area contributed by atoms with Crippen molar-refractivity contribution in [1.29, 1.82) is 0 Å². The summed E-state index contributed by atoms with van der Waals surface area (Å²) < 4.78 is 17.8. The van der Waals surface area contributed by atoms with Crippen molar-refractivity contribution in [2.45, 2.75) is 25.6 Å².